The highest BCUT2D eigenvalue weighted by atomic mass is 16.4. The highest BCUT2D eigenvalue weighted by molar-refractivity contribution is 5.85. The van der Waals surface area contributed by atoms with Gasteiger partial charge in [-0.3, -0.25) is 9.78 Å². The van der Waals surface area contributed by atoms with E-state index < -0.39 is 11.7 Å². The molecule has 6 nitrogen and oxygen atoms in total. The van der Waals surface area contributed by atoms with Gasteiger partial charge in [-0.15, -0.1) is 0 Å². The molecular weight excluding hydrogens is 210 g/mol. The number of hydrogen-bond acceptors (Lipinski definition) is 4. The summed E-state index contributed by atoms with van der Waals surface area (Å²) in [7, 11) is 0. The number of carbonyl (C=O) groups excluding carboxylic acids is 1. The van der Waals surface area contributed by atoms with Crippen molar-refractivity contribution in [1.29, 1.82) is 5.26 Å². The van der Waals surface area contributed by atoms with Gasteiger partial charge in [-0.25, -0.2) is 4.79 Å². The monoisotopic (exact) mass is 217 g/mol. The van der Waals surface area contributed by atoms with E-state index in [9.17, 15) is 9.59 Å². The number of H-pyrrole nitrogens is 1. The number of aromatic amines is 1. The molecule has 1 aromatic heterocycles. The second kappa shape index (κ2) is 3.55. The summed E-state index contributed by atoms with van der Waals surface area (Å²) < 4.78 is 4.82. The van der Waals surface area contributed by atoms with Crippen LogP contribution in [0.4, 0.5) is 0 Å². The van der Waals surface area contributed by atoms with E-state index in [0.717, 1.165) is 0 Å². The van der Waals surface area contributed by atoms with Gasteiger partial charge in [0.05, 0.1) is 23.6 Å². The highest BCUT2D eigenvalue weighted by Gasteiger charge is 2.11. The minimum atomic E-state index is -0.629. The third-order valence-corrected chi connectivity index (χ3v) is 2.11. The molecule has 0 fully saturated rings. The molecule has 1 aromatic carbocycles. The average Bonchev–Trinajstić information content (AvgIpc) is 2.57. The number of fused-ring (bicyclic) bond motifs is 1. The molecule has 0 radical (unpaired) electrons. The Kier molecular flexibility index (Phi) is 2.21. The molecule has 0 bridgehead atoms. The standard InChI is InChI=1S/C10H7N3O3/c11-4-5-1-6(3-8(12)14)9-7(2-5)16-10(15)13-9/h1-2H,3H2,(H2,12,14)(H,13,15). The zero-order valence-electron chi connectivity index (χ0n) is 8.11. The maximum atomic E-state index is 11.0. The Hall–Kier alpha value is -2.55. The van der Waals surface area contributed by atoms with Crippen molar-refractivity contribution in [2.45, 2.75) is 6.42 Å². The van der Waals surface area contributed by atoms with E-state index in [2.05, 4.69) is 4.98 Å². The zero-order chi connectivity index (χ0) is 11.7. The smallest absolute Gasteiger partial charge is 0.408 e. The zero-order valence-corrected chi connectivity index (χ0v) is 8.11. The number of nitriles is 1. The molecule has 0 unspecified atom stereocenters. The van der Waals surface area contributed by atoms with Crippen molar-refractivity contribution < 1.29 is 9.21 Å². The first-order valence-corrected chi connectivity index (χ1v) is 4.44. The molecule has 2 aromatic rings. The molecule has 3 N–H and O–H groups in total. The van der Waals surface area contributed by atoms with Gasteiger partial charge in [-0.05, 0) is 11.6 Å². The van der Waals surface area contributed by atoms with Crippen LogP contribution in [0.3, 0.4) is 0 Å². The lowest BCUT2D eigenvalue weighted by molar-refractivity contribution is -0.117. The lowest BCUT2D eigenvalue weighted by atomic mass is 10.1. The lowest BCUT2D eigenvalue weighted by Gasteiger charge is -1.99. The number of nitrogens with two attached hydrogens (primary N) is 1. The number of carbonyl (C=O) groups is 1. The van der Waals surface area contributed by atoms with Crippen LogP contribution in [0.15, 0.2) is 21.3 Å². The molecule has 16 heavy (non-hydrogen) atoms. The molecule has 0 aliphatic carbocycles. The Labute approximate surface area is 89.3 Å². The van der Waals surface area contributed by atoms with Crippen LogP contribution in [-0.4, -0.2) is 10.9 Å². The summed E-state index contributed by atoms with van der Waals surface area (Å²) in [4.78, 5) is 24.3. The topological polar surface area (TPSA) is 113 Å². The third-order valence-electron chi connectivity index (χ3n) is 2.11. The molecule has 2 rings (SSSR count). The summed E-state index contributed by atoms with van der Waals surface area (Å²) in [5.74, 6) is -1.17. The largest absolute Gasteiger partial charge is 0.417 e. The average molecular weight is 217 g/mol. The van der Waals surface area contributed by atoms with E-state index >= 15 is 0 Å². The van der Waals surface area contributed by atoms with Gasteiger partial charge in [0, 0.05) is 6.07 Å². The summed E-state index contributed by atoms with van der Waals surface area (Å²) in [6.07, 6.45) is -0.0541. The van der Waals surface area contributed by atoms with E-state index in [4.69, 9.17) is 15.4 Å². The van der Waals surface area contributed by atoms with Crippen molar-refractivity contribution in [3.05, 3.63) is 33.8 Å². The second-order valence-corrected chi connectivity index (χ2v) is 3.28. The minimum Gasteiger partial charge on any atom is -0.408 e. The van der Waals surface area contributed by atoms with Gasteiger partial charge in [0.25, 0.3) is 0 Å². The van der Waals surface area contributed by atoms with Gasteiger partial charge in [0.1, 0.15) is 0 Å². The number of rotatable bonds is 2. The second-order valence-electron chi connectivity index (χ2n) is 3.28. The summed E-state index contributed by atoms with van der Waals surface area (Å²) in [5, 5.41) is 8.77. The maximum Gasteiger partial charge on any atom is 0.417 e. The molecule has 0 atom stereocenters. The summed E-state index contributed by atoms with van der Waals surface area (Å²) in [6, 6.07) is 4.84. The van der Waals surface area contributed by atoms with Crippen LogP contribution in [0.1, 0.15) is 11.1 Å². The van der Waals surface area contributed by atoms with Crippen LogP contribution >= 0.6 is 0 Å². The fraction of sp³-hybridized carbons (Fsp3) is 0.100. The van der Waals surface area contributed by atoms with Crippen LogP contribution in [0, 0.1) is 11.3 Å². The Morgan fingerprint density at radius 3 is 2.94 bits per heavy atom. The predicted molar refractivity (Wildman–Crippen MR) is 54.4 cm³/mol. The molecule has 80 valence electrons. The minimum absolute atomic E-state index is 0.0541. The first-order valence-electron chi connectivity index (χ1n) is 4.44. The van der Waals surface area contributed by atoms with Crippen LogP contribution in [0.2, 0.25) is 0 Å². The molecule has 6 heteroatoms. The van der Waals surface area contributed by atoms with Gasteiger partial charge in [0.2, 0.25) is 5.91 Å². The van der Waals surface area contributed by atoms with Crippen molar-refractivity contribution in [2.75, 3.05) is 0 Å². The van der Waals surface area contributed by atoms with Gasteiger partial charge in [-0.2, -0.15) is 5.26 Å². The number of primary amides is 1. The predicted octanol–water partition coefficient (Wildman–Crippen LogP) is 0.0206. The molecule has 0 aliphatic rings. The van der Waals surface area contributed by atoms with E-state index in [0.29, 0.717) is 16.6 Å². The number of oxazole rings is 1. The number of nitrogens with one attached hydrogen (secondary N) is 1. The first-order chi connectivity index (χ1) is 7.60. The van der Waals surface area contributed by atoms with Crippen LogP contribution in [-0.2, 0) is 11.2 Å². The summed E-state index contributed by atoms with van der Waals surface area (Å²) in [6.45, 7) is 0. The van der Waals surface area contributed by atoms with Gasteiger partial charge >= 0.3 is 5.76 Å². The molecule has 0 spiro atoms. The normalized spacial score (nSPS) is 10.2. The number of hydrogen-bond donors (Lipinski definition) is 2. The van der Waals surface area contributed by atoms with Crippen molar-refractivity contribution in [2.24, 2.45) is 5.73 Å². The lowest BCUT2D eigenvalue weighted by Crippen LogP contribution is -2.14. The Bertz CT molecular complexity index is 660. The summed E-state index contributed by atoms with van der Waals surface area (Å²) in [5.41, 5.74) is 6.52. The number of aromatic nitrogens is 1. The van der Waals surface area contributed by atoms with E-state index in [1.807, 2.05) is 6.07 Å². The molecule has 0 aliphatic heterocycles. The first kappa shape index (κ1) is 9.98. The van der Waals surface area contributed by atoms with Crippen molar-refractivity contribution in [3.8, 4) is 6.07 Å². The van der Waals surface area contributed by atoms with Crippen LogP contribution < -0.4 is 11.5 Å². The van der Waals surface area contributed by atoms with E-state index in [-0.39, 0.29) is 12.0 Å². The van der Waals surface area contributed by atoms with Crippen molar-refractivity contribution in [1.82, 2.24) is 4.98 Å². The molecular formula is C10H7N3O3. The fourth-order valence-electron chi connectivity index (χ4n) is 1.51. The molecule has 1 heterocycles. The van der Waals surface area contributed by atoms with Crippen LogP contribution in [0.5, 0.6) is 0 Å². The Morgan fingerprint density at radius 1 is 1.56 bits per heavy atom. The third kappa shape index (κ3) is 1.66. The van der Waals surface area contributed by atoms with Crippen molar-refractivity contribution in [3.63, 3.8) is 0 Å². The molecule has 0 saturated carbocycles. The summed E-state index contributed by atoms with van der Waals surface area (Å²) >= 11 is 0. The Morgan fingerprint density at radius 2 is 2.31 bits per heavy atom. The van der Waals surface area contributed by atoms with E-state index in [1.54, 1.807) is 0 Å². The number of nitrogens with zero attached hydrogens (tertiary/aromatic N) is 1. The Balaban J connectivity index is 2.73. The van der Waals surface area contributed by atoms with E-state index in [1.165, 1.54) is 12.1 Å². The van der Waals surface area contributed by atoms with Gasteiger partial charge < -0.3 is 10.2 Å². The van der Waals surface area contributed by atoms with Crippen molar-refractivity contribution >= 4 is 17.0 Å². The number of amides is 1. The van der Waals surface area contributed by atoms with Gasteiger partial charge in [0.15, 0.2) is 5.58 Å². The molecule has 0 saturated heterocycles. The maximum absolute atomic E-state index is 11.0. The van der Waals surface area contributed by atoms with Gasteiger partial charge in [-0.1, -0.05) is 0 Å². The molecule has 1 amide bonds. The number of benzene rings is 1. The SMILES string of the molecule is N#Cc1cc(CC(N)=O)c2[nH]c(=O)oc2c1. The fourth-order valence-corrected chi connectivity index (χ4v) is 1.51. The quantitative estimate of drug-likeness (QED) is 0.738. The van der Waals surface area contributed by atoms with Crippen LogP contribution in [0.25, 0.3) is 11.1 Å². The highest BCUT2D eigenvalue weighted by Crippen LogP contribution is 2.18.